The Morgan fingerprint density at radius 1 is 1.44 bits per heavy atom. The molecule has 0 radical (unpaired) electrons. The van der Waals surface area contributed by atoms with E-state index < -0.39 is 11.9 Å². The zero-order chi connectivity index (χ0) is 18.7. The van der Waals surface area contributed by atoms with Crippen LogP contribution in [0.15, 0.2) is 39.4 Å². The topological polar surface area (TPSA) is 94.6 Å². The van der Waals surface area contributed by atoms with E-state index in [0.717, 1.165) is 10.0 Å². The monoisotopic (exact) mass is 406 g/mol. The quantitative estimate of drug-likeness (QED) is 0.769. The Morgan fingerprint density at radius 3 is 2.68 bits per heavy atom. The van der Waals surface area contributed by atoms with E-state index in [1.807, 2.05) is 19.1 Å². The lowest BCUT2D eigenvalue weighted by molar-refractivity contribution is -0.139. The normalized spacial score (nSPS) is 17.0. The Balaban J connectivity index is 2.75. The molecule has 7 heteroatoms. The van der Waals surface area contributed by atoms with Gasteiger partial charge in [0.15, 0.2) is 0 Å². The predicted octanol–water partition coefficient (Wildman–Crippen LogP) is 3.41. The summed E-state index contributed by atoms with van der Waals surface area (Å²) in [6.45, 7) is 5.46. The van der Waals surface area contributed by atoms with E-state index in [1.165, 1.54) is 7.11 Å². The molecule has 1 atom stereocenters. The summed E-state index contributed by atoms with van der Waals surface area (Å²) in [5.41, 5.74) is 7.87. The zero-order valence-electron chi connectivity index (χ0n) is 14.5. The molecule has 1 heterocycles. The van der Waals surface area contributed by atoms with Crippen molar-refractivity contribution in [3.05, 3.63) is 50.5 Å². The van der Waals surface area contributed by atoms with Crippen LogP contribution >= 0.6 is 15.9 Å². The number of nitriles is 1. The Labute approximate surface area is 155 Å². The standard InChI is InChI=1S/C18H19BrN2O4/c1-5-24-18(22)15-10(3)25-17(21)12(8-20)16(15)11-7-13(19)9(2)6-14(11)23-4/h6-7,16H,5,21H2,1-4H3. The Bertz CT molecular complexity index is 821. The van der Waals surface area contributed by atoms with Crippen molar-refractivity contribution < 1.29 is 19.0 Å². The summed E-state index contributed by atoms with van der Waals surface area (Å²) in [5, 5.41) is 9.60. The van der Waals surface area contributed by atoms with Crippen LogP contribution in [0.2, 0.25) is 0 Å². The van der Waals surface area contributed by atoms with Gasteiger partial charge < -0.3 is 19.9 Å². The van der Waals surface area contributed by atoms with Gasteiger partial charge in [-0.15, -0.1) is 0 Å². The van der Waals surface area contributed by atoms with E-state index in [1.54, 1.807) is 13.8 Å². The molecule has 0 bridgehead atoms. The highest BCUT2D eigenvalue weighted by Gasteiger charge is 2.38. The van der Waals surface area contributed by atoms with E-state index in [0.29, 0.717) is 17.1 Å². The number of carbonyl (C=O) groups excluding carboxylic acids is 1. The molecular formula is C18H19BrN2O4. The van der Waals surface area contributed by atoms with Crippen molar-refractivity contribution in [3.63, 3.8) is 0 Å². The summed E-state index contributed by atoms with van der Waals surface area (Å²) in [6, 6.07) is 5.70. The third-order valence-electron chi connectivity index (χ3n) is 3.92. The van der Waals surface area contributed by atoms with Crippen LogP contribution < -0.4 is 10.5 Å². The smallest absolute Gasteiger partial charge is 0.338 e. The third-order valence-corrected chi connectivity index (χ3v) is 4.78. The Hall–Kier alpha value is -2.46. The fraction of sp³-hybridized carbons (Fsp3) is 0.333. The number of nitrogens with zero attached hydrogens (tertiary/aromatic N) is 1. The molecule has 0 spiro atoms. The number of hydrogen-bond donors (Lipinski definition) is 1. The molecule has 1 aliphatic heterocycles. The summed E-state index contributed by atoms with van der Waals surface area (Å²) in [5.74, 6) is -0.466. The van der Waals surface area contributed by atoms with Crippen molar-refractivity contribution in [3.8, 4) is 11.8 Å². The van der Waals surface area contributed by atoms with Crippen LogP contribution in [0.4, 0.5) is 0 Å². The minimum Gasteiger partial charge on any atom is -0.496 e. The number of rotatable bonds is 4. The fourth-order valence-corrected chi connectivity index (χ4v) is 3.10. The lowest BCUT2D eigenvalue weighted by Crippen LogP contribution is -2.26. The number of esters is 1. The molecule has 0 saturated carbocycles. The van der Waals surface area contributed by atoms with Gasteiger partial charge in [0.25, 0.3) is 0 Å². The maximum Gasteiger partial charge on any atom is 0.338 e. The van der Waals surface area contributed by atoms with Crippen molar-refractivity contribution in [2.45, 2.75) is 26.7 Å². The number of carbonyl (C=O) groups is 1. The molecule has 0 aliphatic carbocycles. The van der Waals surface area contributed by atoms with Crippen molar-refractivity contribution in [1.82, 2.24) is 0 Å². The van der Waals surface area contributed by atoms with Gasteiger partial charge in [-0.2, -0.15) is 5.26 Å². The molecule has 1 aliphatic rings. The van der Waals surface area contributed by atoms with Gasteiger partial charge in [0.2, 0.25) is 5.88 Å². The highest BCUT2D eigenvalue weighted by Crippen LogP contribution is 2.44. The van der Waals surface area contributed by atoms with Gasteiger partial charge in [-0.05, 0) is 38.5 Å². The Morgan fingerprint density at radius 2 is 2.12 bits per heavy atom. The van der Waals surface area contributed by atoms with Gasteiger partial charge in [0.1, 0.15) is 23.2 Å². The SMILES string of the molecule is CCOC(=O)C1=C(C)OC(N)=C(C#N)C1c1cc(Br)c(C)cc1OC. The van der Waals surface area contributed by atoms with Crippen molar-refractivity contribution in [2.24, 2.45) is 5.73 Å². The lowest BCUT2D eigenvalue weighted by Gasteiger charge is -2.28. The van der Waals surface area contributed by atoms with E-state index in [4.69, 9.17) is 19.9 Å². The summed E-state index contributed by atoms with van der Waals surface area (Å²) in [6.07, 6.45) is 0. The van der Waals surface area contributed by atoms with E-state index in [9.17, 15) is 10.1 Å². The van der Waals surface area contributed by atoms with Crippen molar-refractivity contribution in [1.29, 1.82) is 5.26 Å². The molecule has 25 heavy (non-hydrogen) atoms. The summed E-state index contributed by atoms with van der Waals surface area (Å²) in [7, 11) is 1.53. The molecule has 0 amide bonds. The second kappa shape index (κ2) is 7.62. The van der Waals surface area contributed by atoms with Crippen LogP contribution in [0.3, 0.4) is 0 Å². The number of ether oxygens (including phenoxy) is 3. The molecule has 1 aromatic carbocycles. The average molecular weight is 407 g/mol. The molecule has 1 unspecified atom stereocenters. The van der Waals surface area contributed by atoms with E-state index in [-0.39, 0.29) is 23.6 Å². The van der Waals surface area contributed by atoms with Crippen LogP contribution in [0.25, 0.3) is 0 Å². The largest absolute Gasteiger partial charge is 0.496 e. The number of allylic oxidation sites excluding steroid dienone is 2. The van der Waals surface area contributed by atoms with E-state index in [2.05, 4.69) is 22.0 Å². The average Bonchev–Trinajstić information content (AvgIpc) is 2.56. The van der Waals surface area contributed by atoms with Gasteiger partial charge in [-0.25, -0.2) is 4.79 Å². The van der Waals surface area contributed by atoms with Crippen molar-refractivity contribution >= 4 is 21.9 Å². The number of nitrogens with two attached hydrogens (primary N) is 1. The zero-order valence-corrected chi connectivity index (χ0v) is 16.1. The molecule has 1 aromatic rings. The first kappa shape index (κ1) is 18.9. The summed E-state index contributed by atoms with van der Waals surface area (Å²) in [4.78, 5) is 12.5. The lowest BCUT2D eigenvalue weighted by atomic mass is 9.82. The molecule has 132 valence electrons. The summed E-state index contributed by atoms with van der Waals surface area (Å²) < 4.78 is 16.9. The highest BCUT2D eigenvalue weighted by atomic mass is 79.9. The minimum atomic E-state index is -0.732. The van der Waals surface area contributed by atoms with Gasteiger partial charge in [0.05, 0.1) is 25.2 Å². The fourth-order valence-electron chi connectivity index (χ4n) is 2.74. The van der Waals surface area contributed by atoms with Gasteiger partial charge in [-0.1, -0.05) is 15.9 Å². The third kappa shape index (κ3) is 3.49. The van der Waals surface area contributed by atoms with Crippen LogP contribution in [0.1, 0.15) is 30.9 Å². The van der Waals surface area contributed by atoms with Gasteiger partial charge in [0, 0.05) is 10.0 Å². The number of aryl methyl sites for hydroxylation is 1. The molecule has 2 rings (SSSR count). The molecule has 2 N–H and O–H groups in total. The molecule has 6 nitrogen and oxygen atoms in total. The highest BCUT2D eigenvalue weighted by molar-refractivity contribution is 9.10. The predicted molar refractivity (Wildman–Crippen MR) is 95.4 cm³/mol. The molecule has 0 aromatic heterocycles. The maximum atomic E-state index is 12.5. The number of methoxy groups -OCH3 is 1. The summed E-state index contributed by atoms with van der Waals surface area (Å²) >= 11 is 3.49. The number of hydrogen-bond acceptors (Lipinski definition) is 6. The van der Waals surface area contributed by atoms with Crippen LogP contribution in [0.5, 0.6) is 5.75 Å². The first-order chi connectivity index (χ1) is 11.8. The minimum absolute atomic E-state index is 0.0307. The first-order valence-corrected chi connectivity index (χ1v) is 8.44. The number of benzene rings is 1. The first-order valence-electron chi connectivity index (χ1n) is 7.65. The second-order valence-corrected chi connectivity index (χ2v) is 6.31. The molecule has 0 saturated heterocycles. The molecule has 0 fully saturated rings. The van der Waals surface area contributed by atoms with Crippen LogP contribution in [-0.4, -0.2) is 19.7 Å². The van der Waals surface area contributed by atoms with Crippen molar-refractivity contribution in [2.75, 3.05) is 13.7 Å². The van der Waals surface area contributed by atoms with Crippen LogP contribution in [-0.2, 0) is 14.3 Å². The van der Waals surface area contributed by atoms with Crippen LogP contribution in [0, 0.1) is 18.3 Å². The maximum absolute atomic E-state index is 12.5. The Kier molecular flexibility index (Phi) is 5.75. The van der Waals surface area contributed by atoms with Gasteiger partial charge in [-0.3, -0.25) is 0 Å². The molecular weight excluding hydrogens is 388 g/mol. The van der Waals surface area contributed by atoms with Gasteiger partial charge >= 0.3 is 5.97 Å². The van der Waals surface area contributed by atoms with E-state index >= 15 is 0 Å². The number of halogens is 1. The second-order valence-electron chi connectivity index (χ2n) is 5.46.